The van der Waals surface area contributed by atoms with E-state index in [0.717, 1.165) is 21.5 Å². The van der Waals surface area contributed by atoms with Gasteiger partial charge in [0.25, 0.3) is 5.91 Å². The van der Waals surface area contributed by atoms with E-state index in [-0.39, 0.29) is 13.2 Å². The first-order chi connectivity index (χ1) is 9.47. The number of hydrogen-bond donors (Lipinski definition) is 4. The van der Waals surface area contributed by atoms with Gasteiger partial charge < -0.3 is 21.3 Å². The van der Waals surface area contributed by atoms with E-state index in [2.05, 4.69) is 10.3 Å². The fourth-order valence-corrected chi connectivity index (χ4v) is 3.22. The molecule has 5 N–H and O–H groups in total. The van der Waals surface area contributed by atoms with Crippen LogP contribution in [0.4, 0.5) is 5.69 Å². The van der Waals surface area contributed by atoms with Crippen molar-refractivity contribution in [3.8, 4) is 0 Å². The van der Waals surface area contributed by atoms with Crippen molar-refractivity contribution in [3.63, 3.8) is 0 Å². The Hall–Kier alpha value is -1.70. The SMILES string of the molecule is Cc1cc2sc(C(=O)NC(CO)CO)c(N)c2c(C)n1. The van der Waals surface area contributed by atoms with Gasteiger partial charge in [-0.1, -0.05) is 0 Å². The van der Waals surface area contributed by atoms with Gasteiger partial charge >= 0.3 is 0 Å². The highest BCUT2D eigenvalue weighted by Gasteiger charge is 2.20. The Kier molecular flexibility index (Phi) is 4.22. The van der Waals surface area contributed by atoms with Crippen LogP contribution in [-0.4, -0.2) is 40.4 Å². The number of hydrogen-bond acceptors (Lipinski definition) is 6. The van der Waals surface area contributed by atoms with Crippen LogP contribution in [0.1, 0.15) is 21.1 Å². The molecule has 0 unspecified atom stereocenters. The van der Waals surface area contributed by atoms with Gasteiger partial charge in [-0.2, -0.15) is 0 Å². The molecule has 0 saturated carbocycles. The number of carbonyl (C=O) groups excluding carboxylic acids is 1. The van der Waals surface area contributed by atoms with Gasteiger partial charge in [0, 0.05) is 21.5 Å². The average molecular weight is 295 g/mol. The number of nitrogen functional groups attached to an aromatic ring is 1. The number of nitrogens with one attached hydrogen (secondary N) is 1. The molecule has 0 aliphatic rings. The lowest BCUT2D eigenvalue weighted by Gasteiger charge is -2.12. The molecule has 0 bridgehead atoms. The van der Waals surface area contributed by atoms with Gasteiger partial charge in [-0.15, -0.1) is 11.3 Å². The van der Waals surface area contributed by atoms with Crippen molar-refractivity contribution in [2.75, 3.05) is 18.9 Å². The summed E-state index contributed by atoms with van der Waals surface area (Å²) >= 11 is 1.28. The molecule has 1 amide bonds. The summed E-state index contributed by atoms with van der Waals surface area (Å²) in [6, 6.07) is 1.20. The summed E-state index contributed by atoms with van der Waals surface area (Å²) in [4.78, 5) is 16.9. The number of thiophene rings is 1. The molecule has 7 heteroatoms. The predicted molar refractivity (Wildman–Crippen MR) is 78.9 cm³/mol. The number of aryl methyl sites for hydroxylation is 2. The van der Waals surface area contributed by atoms with E-state index >= 15 is 0 Å². The largest absolute Gasteiger partial charge is 0.397 e. The lowest BCUT2D eigenvalue weighted by atomic mass is 10.2. The summed E-state index contributed by atoms with van der Waals surface area (Å²) in [7, 11) is 0. The van der Waals surface area contributed by atoms with Gasteiger partial charge in [0.05, 0.1) is 24.9 Å². The Morgan fingerprint density at radius 1 is 1.45 bits per heavy atom. The molecule has 0 aliphatic heterocycles. The molecular weight excluding hydrogens is 278 g/mol. The summed E-state index contributed by atoms with van der Waals surface area (Å²) in [6.07, 6.45) is 0. The maximum absolute atomic E-state index is 12.1. The van der Waals surface area contributed by atoms with Crippen LogP contribution in [0.2, 0.25) is 0 Å². The Balaban J connectivity index is 2.43. The normalized spacial score (nSPS) is 11.2. The van der Waals surface area contributed by atoms with Crippen molar-refractivity contribution in [1.82, 2.24) is 10.3 Å². The molecule has 2 rings (SSSR count). The van der Waals surface area contributed by atoms with Crippen molar-refractivity contribution in [2.45, 2.75) is 19.9 Å². The minimum Gasteiger partial charge on any atom is -0.397 e. The van der Waals surface area contributed by atoms with E-state index in [9.17, 15) is 4.79 Å². The fourth-order valence-electron chi connectivity index (χ4n) is 2.05. The van der Waals surface area contributed by atoms with E-state index in [1.54, 1.807) is 0 Å². The number of aliphatic hydroxyl groups is 2. The molecule has 0 atom stereocenters. The number of amides is 1. The molecular formula is C13H17N3O3S. The van der Waals surface area contributed by atoms with Crippen LogP contribution in [0.3, 0.4) is 0 Å². The molecule has 108 valence electrons. The van der Waals surface area contributed by atoms with Crippen molar-refractivity contribution in [2.24, 2.45) is 0 Å². The summed E-state index contributed by atoms with van der Waals surface area (Å²) < 4.78 is 0.905. The highest BCUT2D eigenvalue weighted by molar-refractivity contribution is 7.21. The summed E-state index contributed by atoms with van der Waals surface area (Å²) in [5.41, 5.74) is 8.08. The second-order valence-electron chi connectivity index (χ2n) is 4.60. The topological polar surface area (TPSA) is 108 Å². The maximum atomic E-state index is 12.1. The molecule has 20 heavy (non-hydrogen) atoms. The van der Waals surface area contributed by atoms with Crippen molar-refractivity contribution >= 4 is 33.0 Å². The Morgan fingerprint density at radius 2 is 2.10 bits per heavy atom. The quantitative estimate of drug-likeness (QED) is 0.660. The van der Waals surface area contributed by atoms with E-state index in [4.69, 9.17) is 15.9 Å². The van der Waals surface area contributed by atoms with E-state index < -0.39 is 11.9 Å². The van der Waals surface area contributed by atoms with Gasteiger partial charge in [0.15, 0.2) is 0 Å². The van der Waals surface area contributed by atoms with Gasteiger partial charge in [-0.3, -0.25) is 9.78 Å². The summed E-state index contributed by atoms with van der Waals surface area (Å²) in [5, 5.41) is 21.3. The van der Waals surface area contributed by atoms with Gasteiger partial charge in [-0.05, 0) is 19.9 Å². The van der Waals surface area contributed by atoms with Crippen LogP contribution in [0, 0.1) is 13.8 Å². The van der Waals surface area contributed by atoms with Gasteiger partial charge in [0.2, 0.25) is 0 Å². The zero-order chi connectivity index (χ0) is 14.9. The van der Waals surface area contributed by atoms with E-state index in [0.29, 0.717) is 10.6 Å². The van der Waals surface area contributed by atoms with Crippen LogP contribution in [0.5, 0.6) is 0 Å². The zero-order valence-electron chi connectivity index (χ0n) is 11.3. The van der Waals surface area contributed by atoms with Crippen molar-refractivity contribution < 1.29 is 15.0 Å². The zero-order valence-corrected chi connectivity index (χ0v) is 12.1. The molecule has 0 aromatic carbocycles. The molecule has 2 aromatic rings. The lowest BCUT2D eigenvalue weighted by molar-refractivity contribution is 0.0884. The predicted octanol–water partition coefficient (Wildman–Crippen LogP) is 0.578. The number of carbonyl (C=O) groups is 1. The second-order valence-corrected chi connectivity index (χ2v) is 5.65. The van der Waals surface area contributed by atoms with Crippen LogP contribution >= 0.6 is 11.3 Å². The van der Waals surface area contributed by atoms with Crippen molar-refractivity contribution in [1.29, 1.82) is 0 Å². The Morgan fingerprint density at radius 3 is 2.70 bits per heavy atom. The number of nitrogens with zero attached hydrogens (tertiary/aromatic N) is 1. The summed E-state index contributed by atoms with van der Waals surface area (Å²) in [5.74, 6) is -0.395. The smallest absolute Gasteiger partial charge is 0.263 e. The number of nitrogens with two attached hydrogens (primary N) is 1. The van der Waals surface area contributed by atoms with Gasteiger partial charge in [0.1, 0.15) is 4.88 Å². The van der Waals surface area contributed by atoms with Crippen LogP contribution < -0.4 is 11.1 Å². The minimum absolute atomic E-state index is 0.327. The summed E-state index contributed by atoms with van der Waals surface area (Å²) in [6.45, 7) is 3.08. The second kappa shape index (κ2) is 5.74. The molecule has 0 radical (unpaired) electrons. The van der Waals surface area contributed by atoms with E-state index in [1.807, 2.05) is 19.9 Å². The molecule has 0 aliphatic carbocycles. The number of fused-ring (bicyclic) bond motifs is 1. The van der Waals surface area contributed by atoms with Crippen LogP contribution in [0.15, 0.2) is 6.07 Å². The number of aromatic nitrogens is 1. The molecule has 6 nitrogen and oxygen atoms in total. The lowest BCUT2D eigenvalue weighted by Crippen LogP contribution is -2.39. The van der Waals surface area contributed by atoms with Gasteiger partial charge in [-0.25, -0.2) is 0 Å². The van der Waals surface area contributed by atoms with Crippen molar-refractivity contribution in [3.05, 3.63) is 22.3 Å². The third-order valence-electron chi connectivity index (χ3n) is 3.00. The maximum Gasteiger partial charge on any atom is 0.263 e. The first-order valence-corrected chi connectivity index (χ1v) is 6.98. The standard InChI is InChI=1S/C13H17N3O3S/c1-6-3-9-10(7(2)15-6)11(14)12(20-9)13(19)16-8(4-17)5-18/h3,8,17-18H,4-5,14H2,1-2H3,(H,16,19). The Labute approximate surface area is 120 Å². The monoisotopic (exact) mass is 295 g/mol. The molecule has 2 heterocycles. The molecule has 0 saturated heterocycles. The third kappa shape index (κ3) is 2.60. The first kappa shape index (κ1) is 14.7. The molecule has 0 spiro atoms. The highest BCUT2D eigenvalue weighted by atomic mass is 32.1. The Bertz CT molecular complexity index is 650. The average Bonchev–Trinajstić information content (AvgIpc) is 2.73. The number of pyridine rings is 1. The number of rotatable bonds is 4. The number of aliphatic hydroxyl groups excluding tert-OH is 2. The van der Waals surface area contributed by atoms with E-state index in [1.165, 1.54) is 11.3 Å². The third-order valence-corrected chi connectivity index (χ3v) is 4.15. The number of anilines is 1. The van der Waals surface area contributed by atoms with Crippen LogP contribution in [0.25, 0.3) is 10.1 Å². The molecule has 0 fully saturated rings. The highest BCUT2D eigenvalue weighted by Crippen LogP contribution is 2.35. The fraction of sp³-hybridized carbons (Fsp3) is 0.385. The van der Waals surface area contributed by atoms with Crippen LogP contribution in [-0.2, 0) is 0 Å². The first-order valence-electron chi connectivity index (χ1n) is 6.16. The minimum atomic E-state index is -0.687. The molecule has 2 aromatic heterocycles.